The number of nitrogens with zero attached hydrogens (tertiary/aromatic N) is 1. The SMILES string of the molecule is O=C(Nc1ccccc1)Nc1n[nH]c2c1CCNC2. The van der Waals surface area contributed by atoms with E-state index < -0.39 is 0 Å². The summed E-state index contributed by atoms with van der Waals surface area (Å²) >= 11 is 0. The van der Waals surface area contributed by atoms with Crippen LogP contribution in [0, 0.1) is 0 Å². The van der Waals surface area contributed by atoms with Crippen molar-refractivity contribution in [3.63, 3.8) is 0 Å². The second kappa shape index (κ2) is 5.11. The number of nitrogens with one attached hydrogen (secondary N) is 4. The molecular weight excluding hydrogens is 242 g/mol. The van der Waals surface area contributed by atoms with E-state index in [2.05, 4.69) is 26.1 Å². The number of carbonyl (C=O) groups excluding carboxylic acids is 1. The summed E-state index contributed by atoms with van der Waals surface area (Å²) in [4.78, 5) is 11.9. The molecular formula is C13H15N5O. The van der Waals surface area contributed by atoms with Gasteiger partial charge < -0.3 is 10.6 Å². The standard InChI is InChI=1S/C13H15N5O/c19-13(15-9-4-2-1-3-5-9)16-12-10-6-7-14-8-11(10)17-18-12/h1-5,14H,6-8H2,(H3,15,16,17,18,19). The van der Waals surface area contributed by atoms with Crippen molar-refractivity contribution in [2.24, 2.45) is 0 Å². The van der Waals surface area contributed by atoms with Crippen LogP contribution in [0.25, 0.3) is 0 Å². The molecule has 0 atom stereocenters. The minimum atomic E-state index is -0.279. The number of anilines is 2. The number of hydrogen-bond donors (Lipinski definition) is 4. The van der Waals surface area contributed by atoms with Gasteiger partial charge in [0.1, 0.15) is 0 Å². The van der Waals surface area contributed by atoms with Gasteiger partial charge in [0.05, 0.1) is 5.69 Å². The Balaban J connectivity index is 1.68. The van der Waals surface area contributed by atoms with Crippen LogP contribution in [0.3, 0.4) is 0 Å². The van der Waals surface area contributed by atoms with Crippen LogP contribution in [0.15, 0.2) is 30.3 Å². The monoisotopic (exact) mass is 257 g/mol. The van der Waals surface area contributed by atoms with E-state index in [-0.39, 0.29) is 6.03 Å². The fourth-order valence-corrected chi connectivity index (χ4v) is 2.14. The summed E-state index contributed by atoms with van der Waals surface area (Å²) in [7, 11) is 0. The highest BCUT2D eigenvalue weighted by Crippen LogP contribution is 2.20. The quantitative estimate of drug-likeness (QED) is 0.661. The molecule has 1 aliphatic heterocycles. The number of carbonyl (C=O) groups is 1. The zero-order valence-electron chi connectivity index (χ0n) is 10.4. The fraction of sp³-hybridized carbons (Fsp3) is 0.231. The Labute approximate surface area is 110 Å². The van der Waals surface area contributed by atoms with Crippen molar-refractivity contribution >= 4 is 17.5 Å². The molecule has 98 valence electrons. The molecule has 4 N–H and O–H groups in total. The number of aromatic nitrogens is 2. The molecule has 2 aromatic rings. The largest absolute Gasteiger partial charge is 0.324 e. The van der Waals surface area contributed by atoms with Gasteiger partial charge in [-0.1, -0.05) is 18.2 Å². The van der Waals surface area contributed by atoms with E-state index in [9.17, 15) is 4.79 Å². The van der Waals surface area contributed by atoms with Gasteiger partial charge in [0.25, 0.3) is 0 Å². The van der Waals surface area contributed by atoms with E-state index >= 15 is 0 Å². The minimum Gasteiger partial charge on any atom is -0.311 e. The summed E-state index contributed by atoms with van der Waals surface area (Å²) in [5, 5.41) is 15.9. The first-order valence-corrected chi connectivity index (χ1v) is 6.23. The smallest absolute Gasteiger partial charge is 0.311 e. The van der Waals surface area contributed by atoms with E-state index in [0.29, 0.717) is 5.82 Å². The maximum Gasteiger partial charge on any atom is 0.324 e. The van der Waals surface area contributed by atoms with Crippen molar-refractivity contribution in [1.29, 1.82) is 0 Å². The number of aromatic amines is 1. The first-order chi connectivity index (χ1) is 9.33. The van der Waals surface area contributed by atoms with E-state index in [1.165, 1.54) is 0 Å². The van der Waals surface area contributed by atoms with E-state index in [0.717, 1.165) is 36.5 Å². The Hall–Kier alpha value is -2.34. The van der Waals surface area contributed by atoms with Crippen LogP contribution in [0.1, 0.15) is 11.3 Å². The van der Waals surface area contributed by atoms with Gasteiger partial charge in [-0.3, -0.25) is 10.4 Å². The van der Waals surface area contributed by atoms with Crippen molar-refractivity contribution in [3.8, 4) is 0 Å². The van der Waals surface area contributed by atoms with Crippen molar-refractivity contribution in [2.45, 2.75) is 13.0 Å². The van der Waals surface area contributed by atoms with Gasteiger partial charge in [-0.2, -0.15) is 5.10 Å². The van der Waals surface area contributed by atoms with Crippen LogP contribution in [0.5, 0.6) is 0 Å². The summed E-state index contributed by atoms with van der Waals surface area (Å²) in [5.41, 5.74) is 2.88. The molecule has 0 saturated heterocycles. The molecule has 6 nitrogen and oxygen atoms in total. The number of para-hydroxylation sites is 1. The Bertz CT molecular complexity index is 578. The molecule has 2 amide bonds. The first-order valence-electron chi connectivity index (χ1n) is 6.23. The summed E-state index contributed by atoms with van der Waals surface area (Å²) in [6.45, 7) is 1.67. The lowest BCUT2D eigenvalue weighted by atomic mass is 10.1. The third-order valence-electron chi connectivity index (χ3n) is 3.07. The van der Waals surface area contributed by atoms with Crippen molar-refractivity contribution in [1.82, 2.24) is 15.5 Å². The van der Waals surface area contributed by atoms with Crippen LogP contribution in [0.2, 0.25) is 0 Å². The van der Waals surface area contributed by atoms with Gasteiger partial charge in [0.2, 0.25) is 0 Å². The Morgan fingerprint density at radius 3 is 2.89 bits per heavy atom. The fourth-order valence-electron chi connectivity index (χ4n) is 2.14. The van der Waals surface area contributed by atoms with Crippen LogP contribution in [0.4, 0.5) is 16.3 Å². The Morgan fingerprint density at radius 1 is 1.21 bits per heavy atom. The number of fused-ring (bicyclic) bond motifs is 1. The van der Waals surface area contributed by atoms with Crippen molar-refractivity contribution in [3.05, 3.63) is 41.6 Å². The predicted molar refractivity (Wildman–Crippen MR) is 73.1 cm³/mol. The van der Waals surface area contributed by atoms with Gasteiger partial charge in [-0.25, -0.2) is 4.79 Å². The molecule has 0 unspecified atom stereocenters. The number of benzene rings is 1. The van der Waals surface area contributed by atoms with Gasteiger partial charge in [-0.05, 0) is 25.1 Å². The molecule has 0 spiro atoms. The molecule has 1 aromatic heterocycles. The lowest BCUT2D eigenvalue weighted by molar-refractivity contribution is 0.262. The Morgan fingerprint density at radius 2 is 2.05 bits per heavy atom. The zero-order chi connectivity index (χ0) is 13.1. The number of H-pyrrole nitrogens is 1. The number of hydrogen-bond acceptors (Lipinski definition) is 3. The van der Waals surface area contributed by atoms with E-state index in [1.54, 1.807) is 0 Å². The van der Waals surface area contributed by atoms with E-state index in [1.807, 2.05) is 30.3 Å². The molecule has 6 heteroatoms. The molecule has 1 aliphatic rings. The summed E-state index contributed by atoms with van der Waals surface area (Å²) in [6.07, 6.45) is 0.868. The minimum absolute atomic E-state index is 0.279. The van der Waals surface area contributed by atoms with E-state index in [4.69, 9.17) is 0 Å². The number of urea groups is 1. The molecule has 2 heterocycles. The molecule has 0 fully saturated rings. The molecule has 19 heavy (non-hydrogen) atoms. The summed E-state index contributed by atoms with van der Waals surface area (Å²) in [5.74, 6) is 0.616. The highest BCUT2D eigenvalue weighted by Gasteiger charge is 2.17. The summed E-state index contributed by atoms with van der Waals surface area (Å²) in [6, 6.07) is 9.04. The highest BCUT2D eigenvalue weighted by molar-refractivity contribution is 5.99. The van der Waals surface area contributed by atoms with Crippen LogP contribution < -0.4 is 16.0 Å². The van der Waals surface area contributed by atoms with Crippen LogP contribution in [-0.4, -0.2) is 22.8 Å². The van der Waals surface area contributed by atoms with Crippen molar-refractivity contribution in [2.75, 3.05) is 17.2 Å². The van der Waals surface area contributed by atoms with Gasteiger partial charge in [0.15, 0.2) is 5.82 Å². The second-order valence-corrected chi connectivity index (χ2v) is 4.40. The third-order valence-corrected chi connectivity index (χ3v) is 3.07. The van der Waals surface area contributed by atoms with Crippen LogP contribution in [-0.2, 0) is 13.0 Å². The van der Waals surface area contributed by atoms with Gasteiger partial charge in [-0.15, -0.1) is 0 Å². The van der Waals surface area contributed by atoms with Gasteiger partial charge >= 0.3 is 6.03 Å². The lowest BCUT2D eigenvalue weighted by Gasteiger charge is -2.13. The second-order valence-electron chi connectivity index (χ2n) is 4.40. The summed E-state index contributed by atoms with van der Waals surface area (Å²) < 4.78 is 0. The predicted octanol–water partition coefficient (Wildman–Crippen LogP) is 1.70. The maximum absolute atomic E-state index is 11.9. The lowest BCUT2D eigenvalue weighted by Crippen LogP contribution is -2.25. The molecule has 0 bridgehead atoms. The van der Waals surface area contributed by atoms with Crippen LogP contribution >= 0.6 is 0 Å². The average molecular weight is 257 g/mol. The highest BCUT2D eigenvalue weighted by atomic mass is 16.2. The normalized spacial score (nSPS) is 13.7. The third kappa shape index (κ3) is 2.58. The topological polar surface area (TPSA) is 81.8 Å². The number of amides is 2. The van der Waals surface area contributed by atoms with Crippen molar-refractivity contribution < 1.29 is 4.79 Å². The molecule has 0 radical (unpaired) electrons. The zero-order valence-corrected chi connectivity index (χ0v) is 10.4. The molecule has 0 saturated carbocycles. The average Bonchev–Trinajstić information content (AvgIpc) is 2.83. The number of rotatable bonds is 2. The Kier molecular flexibility index (Phi) is 3.16. The molecule has 1 aromatic carbocycles. The molecule has 3 rings (SSSR count). The first kappa shape index (κ1) is 11.7. The van der Waals surface area contributed by atoms with Gasteiger partial charge in [0, 0.05) is 17.8 Å². The maximum atomic E-state index is 11.9. The molecule has 0 aliphatic carbocycles.